The highest BCUT2D eigenvalue weighted by Crippen LogP contribution is 2.38. The van der Waals surface area contributed by atoms with Gasteiger partial charge in [-0.1, -0.05) is 5.21 Å². The van der Waals surface area contributed by atoms with Crippen molar-refractivity contribution in [3.8, 4) is 0 Å². The van der Waals surface area contributed by atoms with Crippen LogP contribution in [0.15, 0.2) is 12.4 Å². The minimum atomic E-state index is -2.28. The largest absolute Gasteiger partial charge is 0.377 e. The van der Waals surface area contributed by atoms with E-state index in [9.17, 15) is 19.5 Å². The van der Waals surface area contributed by atoms with Crippen LogP contribution < -0.4 is 0 Å². The van der Waals surface area contributed by atoms with Gasteiger partial charge in [-0.25, -0.2) is 14.4 Å². The lowest BCUT2D eigenvalue weighted by Crippen LogP contribution is -2.51. The molecule has 12 heteroatoms. The molecule has 3 saturated heterocycles. The smallest absolute Gasteiger partial charge is 0.365 e. The van der Waals surface area contributed by atoms with Gasteiger partial charge in [-0.2, -0.15) is 0 Å². The van der Waals surface area contributed by atoms with Crippen LogP contribution in [0.5, 0.6) is 0 Å². The SMILES string of the molecule is O=C1CC2(O)C(=O)ON(O1)OC(=O)C2CC1CCN(CCCn2ccnn2)CC1. The molecular weight excluding hydrogens is 386 g/mol. The fourth-order valence-electron chi connectivity index (χ4n) is 4.09. The lowest BCUT2D eigenvalue weighted by Gasteiger charge is -2.35. The van der Waals surface area contributed by atoms with Gasteiger partial charge < -0.3 is 14.8 Å². The molecule has 2 bridgehead atoms. The number of aryl methyl sites for hydroxylation is 1. The van der Waals surface area contributed by atoms with Crippen molar-refractivity contribution in [2.45, 2.75) is 44.2 Å². The molecule has 4 heterocycles. The Kier molecular flexibility index (Phi) is 5.48. The number of piperidine rings is 1. The molecule has 0 aliphatic carbocycles. The number of hydrogen-bond donors (Lipinski definition) is 1. The number of rotatable bonds is 6. The first kappa shape index (κ1) is 19.7. The van der Waals surface area contributed by atoms with Crippen LogP contribution in [0.1, 0.15) is 32.1 Å². The molecular formula is C17H23N5O7. The fourth-order valence-corrected chi connectivity index (χ4v) is 4.09. The van der Waals surface area contributed by atoms with Gasteiger partial charge in [0.1, 0.15) is 0 Å². The molecule has 3 aliphatic heterocycles. The molecule has 0 spiro atoms. The quantitative estimate of drug-likeness (QED) is 0.633. The summed E-state index contributed by atoms with van der Waals surface area (Å²) in [5.41, 5.74) is -2.28. The Balaban J connectivity index is 1.31. The van der Waals surface area contributed by atoms with Gasteiger partial charge in [0, 0.05) is 12.7 Å². The summed E-state index contributed by atoms with van der Waals surface area (Å²) in [6.07, 6.45) is 5.64. The molecule has 3 atom stereocenters. The Morgan fingerprint density at radius 2 is 1.93 bits per heavy atom. The molecule has 0 saturated carbocycles. The molecule has 1 aromatic rings. The van der Waals surface area contributed by atoms with E-state index in [-0.39, 0.29) is 17.7 Å². The lowest BCUT2D eigenvalue weighted by molar-refractivity contribution is -0.460. The van der Waals surface area contributed by atoms with Crippen LogP contribution in [0.4, 0.5) is 0 Å². The fraction of sp³-hybridized carbons (Fsp3) is 0.706. The monoisotopic (exact) mass is 409 g/mol. The molecule has 0 radical (unpaired) electrons. The highest BCUT2D eigenvalue weighted by molar-refractivity contribution is 5.92. The van der Waals surface area contributed by atoms with Crippen molar-refractivity contribution in [1.82, 2.24) is 25.3 Å². The van der Waals surface area contributed by atoms with Crippen molar-refractivity contribution in [3.63, 3.8) is 0 Å². The van der Waals surface area contributed by atoms with Crippen LogP contribution in [0.25, 0.3) is 0 Å². The number of aromatic nitrogens is 3. The standard InChI is InChI=1S/C17H23N5O7/c23-14-11-17(26)13(15(24)28-22(27-14)29-16(17)25)10-12-2-7-20(8-3-12)5-1-6-21-9-4-18-19-21/h4,9,12-13,26H,1-3,5-8,10-11H2. The predicted octanol–water partition coefficient (Wildman–Crippen LogP) is -0.788. The van der Waals surface area contributed by atoms with Gasteiger partial charge >= 0.3 is 17.9 Å². The normalized spacial score (nSPS) is 31.0. The summed E-state index contributed by atoms with van der Waals surface area (Å²) in [7, 11) is 0. The van der Waals surface area contributed by atoms with Gasteiger partial charge in [0.2, 0.25) is 5.39 Å². The van der Waals surface area contributed by atoms with Crippen molar-refractivity contribution in [2.24, 2.45) is 11.8 Å². The molecule has 1 aromatic heterocycles. The molecule has 1 N–H and O–H groups in total. The summed E-state index contributed by atoms with van der Waals surface area (Å²) in [5.74, 6) is -3.94. The number of hydrogen-bond acceptors (Lipinski definition) is 11. The molecule has 4 rings (SSSR count). The first-order valence-corrected chi connectivity index (χ1v) is 9.68. The van der Waals surface area contributed by atoms with Gasteiger partial charge in [-0.3, -0.25) is 14.4 Å². The van der Waals surface area contributed by atoms with Crippen LogP contribution >= 0.6 is 0 Å². The van der Waals surface area contributed by atoms with Crippen LogP contribution in [-0.4, -0.2) is 73.5 Å². The zero-order valence-electron chi connectivity index (χ0n) is 15.8. The Hall–Kier alpha value is -2.57. The van der Waals surface area contributed by atoms with Crippen molar-refractivity contribution in [2.75, 3.05) is 19.6 Å². The summed E-state index contributed by atoms with van der Waals surface area (Å²) < 4.78 is 1.79. The Bertz CT molecular complexity index is 764. The predicted molar refractivity (Wildman–Crippen MR) is 91.6 cm³/mol. The van der Waals surface area contributed by atoms with E-state index in [0.717, 1.165) is 45.4 Å². The summed E-state index contributed by atoms with van der Waals surface area (Å²) in [6.45, 7) is 3.42. The third kappa shape index (κ3) is 4.23. The molecule has 12 nitrogen and oxygen atoms in total. The third-order valence-corrected chi connectivity index (χ3v) is 5.74. The zero-order valence-corrected chi connectivity index (χ0v) is 15.8. The second kappa shape index (κ2) is 8.05. The van der Waals surface area contributed by atoms with E-state index in [0.29, 0.717) is 0 Å². The molecule has 0 aromatic carbocycles. The van der Waals surface area contributed by atoms with Gasteiger partial charge in [0.05, 0.1) is 18.5 Å². The Labute approximate surface area is 166 Å². The molecule has 29 heavy (non-hydrogen) atoms. The molecule has 3 fully saturated rings. The summed E-state index contributed by atoms with van der Waals surface area (Å²) >= 11 is 0. The molecule has 0 amide bonds. The molecule has 3 aliphatic rings. The third-order valence-electron chi connectivity index (χ3n) is 5.74. The van der Waals surface area contributed by atoms with E-state index < -0.39 is 35.8 Å². The Morgan fingerprint density at radius 3 is 2.66 bits per heavy atom. The van der Waals surface area contributed by atoms with Crippen molar-refractivity contribution in [1.29, 1.82) is 0 Å². The van der Waals surface area contributed by atoms with Crippen molar-refractivity contribution >= 4 is 17.9 Å². The molecule has 158 valence electrons. The first-order valence-electron chi connectivity index (χ1n) is 9.68. The minimum absolute atomic E-state index is 0.0860. The first-order chi connectivity index (χ1) is 13.9. The number of aliphatic hydroxyl groups is 1. The summed E-state index contributed by atoms with van der Waals surface area (Å²) in [4.78, 5) is 52.7. The summed E-state index contributed by atoms with van der Waals surface area (Å²) in [5, 5.41) is 18.6. The number of carbonyl (C=O) groups excluding carboxylic acids is 3. The lowest BCUT2D eigenvalue weighted by atomic mass is 9.76. The number of likely N-dealkylation sites (tertiary alicyclic amines) is 1. The van der Waals surface area contributed by atoms with Gasteiger partial charge in [0.25, 0.3) is 0 Å². The van der Waals surface area contributed by atoms with E-state index in [1.165, 1.54) is 0 Å². The maximum absolute atomic E-state index is 12.4. The average Bonchev–Trinajstić information content (AvgIpc) is 3.13. The second-order valence-electron chi connectivity index (χ2n) is 7.67. The van der Waals surface area contributed by atoms with E-state index in [1.54, 1.807) is 10.9 Å². The number of nitrogens with zero attached hydrogens (tertiary/aromatic N) is 5. The van der Waals surface area contributed by atoms with Crippen LogP contribution in [0.2, 0.25) is 0 Å². The van der Waals surface area contributed by atoms with Gasteiger partial charge in [-0.15, -0.1) is 5.10 Å². The van der Waals surface area contributed by atoms with Crippen molar-refractivity contribution < 1.29 is 34.0 Å². The topological polar surface area (TPSA) is 136 Å². The van der Waals surface area contributed by atoms with Crippen molar-refractivity contribution in [3.05, 3.63) is 12.4 Å². The van der Waals surface area contributed by atoms with E-state index in [1.807, 2.05) is 6.20 Å². The van der Waals surface area contributed by atoms with Gasteiger partial charge in [-0.05, 0) is 51.2 Å². The highest BCUT2D eigenvalue weighted by atomic mass is 17.2. The van der Waals surface area contributed by atoms with E-state index in [2.05, 4.69) is 24.9 Å². The zero-order chi connectivity index (χ0) is 20.4. The second-order valence-corrected chi connectivity index (χ2v) is 7.67. The highest BCUT2D eigenvalue weighted by Gasteiger charge is 2.58. The Morgan fingerprint density at radius 1 is 1.14 bits per heavy atom. The van der Waals surface area contributed by atoms with E-state index >= 15 is 0 Å². The minimum Gasteiger partial charge on any atom is -0.377 e. The van der Waals surface area contributed by atoms with Gasteiger partial charge in [0.15, 0.2) is 5.60 Å². The van der Waals surface area contributed by atoms with Crippen LogP contribution in [0, 0.1) is 11.8 Å². The van der Waals surface area contributed by atoms with Crippen LogP contribution in [-0.2, 0) is 35.4 Å². The maximum Gasteiger partial charge on any atom is 0.365 e. The number of carbonyl (C=O) groups is 3. The average molecular weight is 409 g/mol. The summed E-state index contributed by atoms with van der Waals surface area (Å²) in [6, 6.07) is 0. The van der Waals surface area contributed by atoms with Crippen LogP contribution in [0.3, 0.4) is 0 Å². The van der Waals surface area contributed by atoms with E-state index in [4.69, 9.17) is 4.84 Å². The number of fused-ring (bicyclic) bond motifs is 3. The maximum atomic E-state index is 12.4. The molecule has 3 unspecified atom stereocenters.